The van der Waals surface area contributed by atoms with Crippen molar-refractivity contribution in [3.05, 3.63) is 54.6 Å². The second-order valence-corrected chi connectivity index (χ2v) is 5.99. The molecule has 1 heterocycles. The van der Waals surface area contributed by atoms with Gasteiger partial charge in [-0.15, -0.1) is 0 Å². The molecule has 128 valence electrons. The van der Waals surface area contributed by atoms with E-state index in [0.717, 1.165) is 5.69 Å². The Morgan fingerprint density at radius 3 is 2.24 bits per heavy atom. The number of nitrogens with zero attached hydrogens (tertiary/aromatic N) is 1. The van der Waals surface area contributed by atoms with Gasteiger partial charge in [-0.05, 0) is 36.4 Å². The summed E-state index contributed by atoms with van der Waals surface area (Å²) in [5.74, 6) is -0.775. The molecule has 2 aromatic carbocycles. The highest BCUT2D eigenvalue weighted by Crippen LogP contribution is 2.27. The predicted molar refractivity (Wildman–Crippen MR) is 96.3 cm³/mol. The summed E-state index contributed by atoms with van der Waals surface area (Å²) in [4.78, 5) is 37.3. The molecule has 1 aliphatic rings. The van der Waals surface area contributed by atoms with Gasteiger partial charge in [0, 0.05) is 37.0 Å². The summed E-state index contributed by atoms with van der Waals surface area (Å²) in [6, 6.07) is 16.2. The predicted octanol–water partition coefficient (Wildman–Crippen LogP) is 2.64. The van der Waals surface area contributed by atoms with Crippen LogP contribution in [0.1, 0.15) is 13.3 Å². The number of nitrogens with one attached hydrogen (secondary N) is 2. The summed E-state index contributed by atoms with van der Waals surface area (Å²) in [5, 5.41) is 5.52. The summed E-state index contributed by atoms with van der Waals surface area (Å²) >= 11 is 0. The number of para-hydroxylation sites is 1. The molecule has 6 heteroatoms. The lowest BCUT2D eigenvalue weighted by atomic mass is 10.1. The van der Waals surface area contributed by atoms with Crippen LogP contribution >= 0.6 is 0 Å². The van der Waals surface area contributed by atoms with Crippen LogP contribution in [-0.4, -0.2) is 24.3 Å². The summed E-state index contributed by atoms with van der Waals surface area (Å²) in [6.45, 7) is 1.78. The Morgan fingerprint density at radius 1 is 0.960 bits per heavy atom. The Kier molecular flexibility index (Phi) is 4.79. The van der Waals surface area contributed by atoms with Crippen LogP contribution in [0.3, 0.4) is 0 Å². The van der Waals surface area contributed by atoms with Crippen molar-refractivity contribution >= 4 is 34.8 Å². The van der Waals surface area contributed by atoms with Crippen molar-refractivity contribution in [3.8, 4) is 0 Å². The van der Waals surface area contributed by atoms with Gasteiger partial charge in [0.15, 0.2) is 0 Å². The van der Waals surface area contributed by atoms with Crippen LogP contribution in [-0.2, 0) is 14.4 Å². The zero-order valence-electron chi connectivity index (χ0n) is 13.9. The number of anilines is 3. The summed E-state index contributed by atoms with van der Waals surface area (Å²) in [6.07, 6.45) is 0.187. The summed E-state index contributed by atoms with van der Waals surface area (Å²) < 4.78 is 0. The summed E-state index contributed by atoms with van der Waals surface area (Å²) in [7, 11) is 0. The average Bonchev–Trinajstić information content (AvgIpc) is 2.98. The molecule has 2 aromatic rings. The van der Waals surface area contributed by atoms with Gasteiger partial charge in [-0.1, -0.05) is 18.2 Å². The van der Waals surface area contributed by atoms with E-state index in [0.29, 0.717) is 17.9 Å². The third-order valence-corrected chi connectivity index (χ3v) is 4.04. The highest BCUT2D eigenvalue weighted by molar-refractivity contribution is 6.03. The second-order valence-electron chi connectivity index (χ2n) is 5.99. The van der Waals surface area contributed by atoms with Crippen molar-refractivity contribution < 1.29 is 14.4 Å². The number of carbonyl (C=O) groups excluding carboxylic acids is 3. The minimum absolute atomic E-state index is 0.0829. The first kappa shape index (κ1) is 16.7. The van der Waals surface area contributed by atoms with Gasteiger partial charge in [-0.2, -0.15) is 0 Å². The first-order valence-corrected chi connectivity index (χ1v) is 8.07. The minimum Gasteiger partial charge on any atom is -0.326 e. The fourth-order valence-electron chi connectivity index (χ4n) is 2.83. The van der Waals surface area contributed by atoms with Crippen LogP contribution in [0.25, 0.3) is 0 Å². The van der Waals surface area contributed by atoms with E-state index >= 15 is 0 Å². The van der Waals surface area contributed by atoms with Gasteiger partial charge in [0.05, 0.1) is 5.92 Å². The van der Waals surface area contributed by atoms with Crippen molar-refractivity contribution in [2.45, 2.75) is 13.3 Å². The molecule has 0 saturated carbocycles. The van der Waals surface area contributed by atoms with E-state index in [-0.39, 0.29) is 30.1 Å². The van der Waals surface area contributed by atoms with Crippen LogP contribution in [0.15, 0.2) is 54.6 Å². The van der Waals surface area contributed by atoms with Crippen LogP contribution in [0, 0.1) is 5.92 Å². The van der Waals surface area contributed by atoms with Gasteiger partial charge < -0.3 is 15.5 Å². The first-order chi connectivity index (χ1) is 12.0. The van der Waals surface area contributed by atoms with Gasteiger partial charge in [0.1, 0.15) is 0 Å². The standard InChI is InChI=1S/C19H19N3O3/c1-13(23)20-16-7-9-17(10-8-16)22-12-14(11-18(22)24)19(25)21-15-5-3-2-4-6-15/h2-10,14H,11-12H2,1H3,(H,20,23)(H,21,25)/t14-/m1/s1. The van der Waals surface area contributed by atoms with Crippen LogP contribution < -0.4 is 15.5 Å². The zero-order valence-corrected chi connectivity index (χ0v) is 13.9. The Balaban J connectivity index is 1.65. The van der Waals surface area contributed by atoms with E-state index in [1.807, 2.05) is 30.3 Å². The SMILES string of the molecule is CC(=O)Nc1ccc(N2C[C@H](C(=O)Nc3ccccc3)CC2=O)cc1. The molecule has 25 heavy (non-hydrogen) atoms. The average molecular weight is 337 g/mol. The maximum absolute atomic E-state index is 12.4. The van der Waals surface area contributed by atoms with Crippen LogP contribution in [0.4, 0.5) is 17.1 Å². The Bertz CT molecular complexity index is 787. The molecule has 1 fully saturated rings. The van der Waals surface area contributed by atoms with E-state index < -0.39 is 0 Å². The van der Waals surface area contributed by atoms with Crippen molar-refractivity contribution in [2.24, 2.45) is 5.92 Å². The summed E-state index contributed by atoms with van der Waals surface area (Å²) in [5.41, 5.74) is 2.11. The molecule has 0 aromatic heterocycles. The normalized spacial score (nSPS) is 16.6. The quantitative estimate of drug-likeness (QED) is 0.900. The molecule has 6 nitrogen and oxygen atoms in total. The number of amides is 3. The molecular weight excluding hydrogens is 318 g/mol. The first-order valence-electron chi connectivity index (χ1n) is 8.07. The fourth-order valence-corrected chi connectivity index (χ4v) is 2.83. The third-order valence-electron chi connectivity index (χ3n) is 4.04. The molecule has 3 amide bonds. The zero-order chi connectivity index (χ0) is 17.8. The molecule has 1 atom stereocenters. The van der Waals surface area contributed by atoms with Gasteiger partial charge >= 0.3 is 0 Å². The highest BCUT2D eigenvalue weighted by atomic mass is 16.2. The smallest absolute Gasteiger partial charge is 0.229 e. The molecule has 2 N–H and O–H groups in total. The van der Waals surface area contributed by atoms with Gasteiger partial charge in [-0.3, -0.25) is 14.4 Å². The topological polar surface area (TPSA) is 78.5 Å². The van der Waals surface area contributed by atoms with Gasteiger partial charge in [0.25, 0.3) is 0 Å². The lowest BCUT2D eigenvalue weighted by molar-refractivity contribution is -0.122. The molecule has 0 bridgehead atoms. The van der Waals surface area contributed by atoms with Crippen molar-refractivity contribution in [3.63, 3.8) is 0 Å². The Hall–Kier alpha value is -3.15. The lowest BCUT2D eigenvalue weighted by Gasteiger charge is -2.17. The maximum Gasteiger partial charge on any atom is 0.229 e. The second kappa shape index (κ2) is 7.17. The molecule has 0 spiro atoms. The number of rotatable bonds is 4. The van der Waals surface area contributed by atoms with Crippen molar-refractivity contribution in [1.29, 1.82) is 0 Å². The molecule has 0 aliphatic carbocycles. The highest BCUT2D eigenvalue weighted by Gasteiger charge is 2.35. The number of carbonyl (C=O) groups is 3. The van der Waals surface area contributed by atoms with Crippen molar-refractivity contribution in [1.82, 2.24) is 0 Å². The van der Waals surface area contributed by atoms with E-state index in [4.69, 9.17) is 0 Å². The lowest BCUT2D eigenvalue weighted by Crippen LogP contribution is -2.28. The fraction of sp³-hybridized carbons (Fsp3) is 0.211. The molecule has 1 aliphatic heterocycles. The molecule has 0 radical (unpaired) electrons. The van der Waals surface area contributed by atoms with E-state index in [9.17, 15) is 14.4 Å². The molecule has 1 saturated heterocycles. The number of benzene rings is 2. The third kappa shape index (κ3) is 4.03. The number of hydrogen-bond donors (Lipinski definition) is 2. The van der Waals surface area contributed by atoms with E-state index in [1.165, 1.54) is 6.92 Å². The molecular formula is C19H19N3O3. The monoisotopic (exact) mass is 337 g/mol. The Morgan fingerprint density at radius 2 is 1.60 bits per heavy atom. The molecule has 0 unspecified atom stereocenters. The maximum atomic E-state index is 12.4. The van der Waals surface area contributed by atoms with E-state index in [1.54, 1.807) is 29.2 Å². The van der Waals surface area contributed by atoms with Gasteiger partial charge in [0.2, 0.25) is 17.7 Å². The van der Waals surface area contributed by atoms with Crippen LogP contribution in [0.5, 0.6) is 0 Å². The Labute approximate surface area is 145 Å². The van der Waals surface area contributed by atoms with E-state index in [2.05, 4.69) is 10.6 Å². The minimum atomic E-state index is -0.386. The largest absolute Gasteiger partial charge is 0.326 e. The van der Waals surface area contributed by atoms with Crippen molar-refractivity contribution in [2.75, 3.05) is 22.1 Å². The number of hydrogen-bond acceptors (Lipinski definition) is 3. The van der Waals surface area contributed by atoms with Crippen LogP contribution in [0.2, 0.25) is 0 Å². The molecule has 3 rings (SSSR count). The van der Waals surface area contributed by atoms with Gasteiger partial charge in [-0.25, -0.2) is 0 Å².